The van der Waals surface area contributed by atoms with Crippen molar-refractivity contribution in [2.24, 2.45) is 5.92 Å². The summed E-state index contributed by atoms with van der Waals surface area (Å²) in [6, 6.07) is 7.86. The molecule has 1 saturated carbocycles. The Morgan fingerprint density at radius 3 is 2.88 bits per heavy atom. The molecule has 2 aromatic rings. The topological polar surface area (TPSA) is 51.2 Å². The van der Waals surface area contributed by atoms with Gasteiger partial charge in [-0.3, -0.25) is 4.79 Å². The largest absolute Gasteiger partial charge is 0.376 e. The molecular formula is C19H24N2O2S. The first-order valence-electron chi connectivity index (χ1n) is 8.48. The molecule has 1 amide bonds. The summed E-state index contributed by atoms with van der Waals surface area (Å²) in [6.07, 6.45) is 2.59. The van der Waals surface area contributed by atoms with Crippen molar-refractivity contribution in [2.75, 3.05) is 11.9 Å². The Labute approximate surface area is 147 Å². The SMILES string of the molecule is Cc1nc(C(C)C)sc1C(=O)Nc1cccc(COCC2CC2)c1. The number of rotatable bonds is 7. The fourth-order valence-corrected chi connectivity index (χ4v) is 3.39. The standard InChI is InChI=1S/C19H24N2O2S/c1-12(2)19-20-13(3)17(24-19)18(22)21-16-6-4-5-15(9-16)11-23-10-14-7-8-14/h4-6,9,12,14H,7-8,10-11H2,1-3H3,(H,21,22). The van der Waals surface area contributed by atoms with Crippen LogP contribution in [0.1, 0.15) is 58.5 Å². The Bertz CT molecular complexity index is 720. The number of thiazole rings is 1. The van der Waals surface area contributed by atoms with Gasteiger partial charge in [0.25, 0.3) is 5.91 Å². The highest BCUT2D eigenvalue weighted by Crippen LogP contribution is 2.29. The molecule has 1 aromatic heterocycles. The molecule has 0 atom stereocenters. The lowest BCUT2D eigenvalue weighted by Gasteiger charge is -2.08. The predicted molar refractivity (Wildman–Crippen MR) is 97.7 cm³/mol. The average molecular weight is 344 g/mol. The smallest absolute Gasteiger partial charge is 0.267 e. The summed E-state index contributed by atoms with van der Waals surface area (Å²) in [5, 5.41) is 3.98. The number of hydrogen-bond acceptors (Lipinski definition) is 4. The maximum absolute atomic E-state index is 12.5. The maximum atomic E-state index is 12.5. The van der Waals surface area contributed by atoms with Gasteiger partial charge in [0.2, 0.25) is 0 Å². The van der Waals surface area contributed by atoms with Gasteiger partial charge >= 0.3 is 0 Å². The Morgan fingerprint density at radius 1 is 1.42 bits per heavy atom. The number of aromatic nitrogens is 1. The summed E-state index contributed by atoms with van der Waals surface area (Å²) < 4.78 is 5.72. The van der Waals surface area contributed by atoms with E-state index in [1.807, 2.05) is 31.2 Å². The van der Waals surface area contributed by atoms with Crippen LogP contribution in [0.15, 0.2) is 24.3 Å². The van der Waals surface area contributed by atoms with Gasteiger partial charge in [0.1, 0.15) is 4.88 Å². The Balaban J connectivity index is 1.63. The molecule has 1 aromatic carbocycles. The Kier molecular flexibility index (Phi) is 5.31. The van der Waals surface area contributed by atoms with Gasteiger partial charge in [-0.1, -0.05) is 26.0 Å². The number of benzene rings is 1. The van der Waals surface area contributed by atoms with Gasteiger partial charge in [0.05, 0.1) is 17.3 Å². The molecule has 1 heterocycles. The van der Waals surface area contributed by atoms with E-state index in [0.29, 0.717) is 17.4 Å². The summed E-state index contributed by atoms with van der Waals surface area (Å²) in [7, 11) is 0. The number of carbonyl (C=O) groups is 1. The number of carbonyl (C=O) groups excluding carboxylic acids is 1. The number of ether oxygens (including phenoxy) is 1. The lowest BCUT2D eigenvalue weighted by molar-refractivity contribution is 0.102. The van der Waals surface area contributed by atoms with E-state index >= 15 is 0 Å². The van der Waals surface area contributed by atoms with E-state index < -0.39 is 0 Å². The normalized spacial score (nSPS) is 14.2. The summed E-state index contributed by atoms with van der Waals surface area (Å²) in [6.45, 7) is 7.50. The molecule has 0 bridgehead atoms. The van der Waals surface area contributed by atoms with E-state index in [-0.39, 0.29) is 5.91 Å². The van der Waals surface area contributed by atoms with Gasteiger partial charge in [0.15, 0.2) is 0 Å². The van der Waals surface area contributed by atoms with Crippen LogP contribution >= 0.6 is 11.3 Å². The van der Waals surface area contributed by atoms with Crippen LogP contribution in [-0.4, -0.2) is 17.5 Å². The van der Waals surface area contributed by atoms with Crippen molar-refractivity contribution in [2.45, 2.75) is 46.1 Å². The first-order valence-corrected chi connectivity index (χ1v) is 9.30. The molecular weight excluding hydrogens is 320 g/mol. The average Bonchev–Trinajstić information content (AvgIpc) is 3.27. The van der Waals surface area contributed by atoms with E-state index in [4.69, 9.17) is 4.74 Å². The van der Waals surface area contributed by atoms with Gasteiger partial charge in [-0.25, -0.2) is 4.98 Å². The summed E-state index contributed by atoms with van der Waals surface area (Å²) >= 11 is 1.48. The van der Waals surface area contributed by atoms with Gasteiger partial charge in [0, 0.05) is 18.2 Å². The summed E-state index contributed by atoms with van der Waals surface area (Å²) in [5.41, 5.74) is 2.67. The second-order valence-electron chi connectivity index (χ2n) is 6.73. The third-order valence-electron chi connectivity index (χ3n) is 4.02. The van der Waals surface area contributed by atoms with Crippen molar-refractivity contribution in [3.8, 4) is 0 Å². The van der Waals surface area contributed by atoms with Crippen molar-refractivity contribution in [1.82, 2.24) is 4.98 Å². The van der Waals surface area contributed by atoms with Gasteiger partial charge < -0.3 is 10.1 Å². The van der Waals surface area contributed by atoms with Crippen molar-refractivity contribution in [1.29, 1.82) is 0 Å². The lowest BCUT2D eigenvalue weighted by atomic mass is 10.2. The highest BCUT2D eigenvalue weighted by Gasteiger charge is 2.21. The van der Waals surface area contributed by atoms with Crippen molar-refractivity contribution < 1.29 is 9.53 Å². The molecule has 0 saturated heterocycles. The first-order chi connectivity index (χ1) is 11.5. The molecule has 3 rings (SSSR count). The molecule has 0 aliphatic heterocycles. The lowest BCUT2D eigenvalue weighted by Crippen LogP contribution is -2.11. The van der Waals surface area contributed by atoms with Crippen LogP contribution in [0.25, 0.3) is 0 Å². The third-order valence-corrected chi connectivity index (χ3v) is 5.47. The molecule has 1 fully saturated rings. The third kappa shape index (κ3) is 4.42. The molecule has 4 nitrogen and oxygen atoms in total. The number of anilines is 1. The van der Waals surface area contributed by atoms with E-state index in [0.717, 1.165) is 34.5 Å². The number of nitrogens with one attached hydrogen (secondary N) is 1. The van der Waals surface area contributed by atoms with Crippen molar-refractivity contribution in [3.05, 3.63) is 45.4 Å². The number of hydrogen-bond donors (Lipinski definition) is 1. The highest BCUT2D eigenvalue weighted by molar-refractivity contribution is 7.14. The number of amides is 1. The molecule has 0 spiro atoms. The highest BCUT2D eigenvalue weighted by atomic mass is 32.1. The fourth-order valence-electron chi connectivity index (χ4n) is 2.43. The Hall–Kier alpha value is -1.72. The second kappa shape index (κ2) is 7.45. The van der Waals surface area contributed by atoms with Crippen LogP contribution in [0.4, 0.5) is 5.69 Å². The van der Waals surface area contributed by atoms with E-state index in [2.05, 4.69) is 24.1 Å². The minimum Gasteiger partial charge on any atom is -0.376 e. The minimum absolute atomic E-state index is 0.0899. The van der Waals surface area contributed by atoms with Crippen LogP contribution in [-0.2, 0) is 11.3 Å². The predicted octanol–water partition coefficient (Wildman–Crippen LogP) is 4.75. The molecule has 1 aliphatic rings. The molecule has 0 unspecified atom stereocenters. The van der Waals surface area contributed by atoms with Gasteiger partial charge in [-0.15, -0.1) is 11.3 Å². The summed E-state index contributed by atoms with van der Waals surface area (Å²) in [4.78, 5) is 17.7. The zero-order valence-corrected chi connectivity index (χ0v) is 15.3. The van der Waals surface area contributed by atoms with Gasteiger partial charge in [-0.2, -0.15) is 0 Å². The van der Waals surface area contributed by atoms with Crippen LogP contribution in [0.5, 0.6) is 0 Å². The fraction of sp³-hybridized carbons (Fsp3) is 0.474. The van der Waals surface area contributed by atoms with E-state index in [1.54, 1.807) is 0 Å². The van der Waals surface area contributed by atoms with E-state index in [1.165, 1.54) is 24.2 Å². The van der Waals surface area contributed by atoms with Crippen LogP contribution in [0, 0.1) is 12.8 Å². The molecule has 24 heavy (non-hydrogen) atoms. The van der Waals surface area contributed by atoms with Crippen LogP contribution in [0.2, 0.25) is 0 Å². The van der Waals surface area contributed by atoms with Gasteiger partial charge in [-0.05, 0) is 43.4 Å². The second-order valence-corrected chi connectivity index (χ2v) is 7.76. The van der Waals surface area contributed by atoms with Crippen molar-refractivity contribution >= 4 is 22.9 Å². The maximum Gasteiger partial charge on any atom is 0.267 e. The quantitative estimate of drug-likeness (QED) is 0.788. The van der Waals surface area contributed by atoms with Crippen LogP contribution in [0.3, 0.4) is 0 Å². The zero-order chi connectivity index (χ0) is 17.1. The molecule has 5 heteroatoms. The molecule has 1 N–H and O–H groups in total. The molecule has 128 valence electrons. The van der Waals surface area contributed by atoms with Crippen LogP contribution < -0.4 is 5.32 Å². The van der Waals surface area contributed by atoms with Crippen molar-refractivity contribution in [3.63, 3.8) is 0 Å². The molecule has 0 radical (unpaired) electrons. The first kappa shape index (κ1) is 17.1. The summed E-state index contributed by atoms with van der Waals surface area (Å²) in [5.74, 6) is 1.01. The number of aryl methyl sites for hydroxylation is 1. The zero-order valence-electron chi connectivity index (χ0n) is 14.5. The molecule has 1 aliphatic carbocycles. The Morgan fingerprint density at radius 2 is 2.21 bits per heavy atom. The monoisotopic (exact) mass is 344 g/mol. The van der Waals surface area contributed by atoms with E-state index in [9.17, 15) is 4.79 Å². The number of nitrogens with zero attached hydrogens (tertiary/aromatic N) is 1. The minimum atomic E-state index is -0.0899.